The Labute approximate surface area is 94.4 Å². The van der Waals surface area contributed by atoms with Crippen LogP contribution < -0.4 is 5.32 Å². The molecule has 0 aliphatic carbocycles. The molecule has 1 amide bonds. The fourth-order valence-electron chi connectivity index (χ4n) is 0.940. The maximum atomic E-state index is 11.7. The number of imidazole rings is 1. The normalized spacial score (nSPS) is 12.4. The minimum absolute atomic E-state index is 0.185. The van der Waals surface area contributed by atoms with Crippen molar-refractivity contribution in [1.82, 2.24) is 15.3 Å². The van der Waals surface area contributed by atoms with Gasteiger partial charge in [-0.25, -0.2) is 13.4 Å². The Morgan fingerprint density at radius 2 is 2.19 bits per heavy atom. The number of nitrogens with zero attached hydrogens (tertiary/aromatic N) is 1. The molecule has 0 radical (unpaired) electrons. The predicted octanol–water partition coefficient (Wildman–Crippen LogP) is -0.151. The Morgan fingerprint density at radius 3 is 2.62 bits per heavy atom. The number of rotatable bonds is 4. The van der Waals surface area contributed by atoms with Crippen LogP contribution in [0.1, 0.15) is 19.7 Å². The number of hydrogen-bond acceptors (Lipinski definition) is 4. The van der Waals surface area contributed by atoms with E-state index in [0.29, 0.717) is 5.82 Å². The summed E-state index contributed by atoms with van der Waals surface area (Å²) in [6.07, 6.45) is 4.23. The van der Waals surface area contributed by atoms with Crippen LogP contribution in [0.3, 0.4) is 0 Å². The highest BCUT2D eigenvalue weighted by Gasteiger charge is 2.38. The first-order valence-electron chi connectivity index (χ1n) is 4.71. The van der Waals surface area contributed by atoms with E-state index in [1.165, 1.54) is 13.8 Å². The highest BCUT2D eigenvalue weighted by atomic mass is 32.2. The summed E-state index contributed by atoms with van der Waals surface area (Å²) in [4.78, 5) is 18.4. The standard InChI is InChI=1S/C9H15N3O3S/c1-9(2,16(3,14)15)8(13)12-6-7-10-4-5-11-7/h4-5H,6H2,1-3H3,(H,10,11)(H,12,13). The Kier molecular flexibility index (Phi) is 3.37. The summed E-state index contributed by atoms with van der Waals surface area (Å²) in [5, 5.41) is 2.52. The van der Waals surface area contributed by atoms with Gasteiger partial charge in [-0.2, -0.15) is 0 Å². The van der Waals surface area contributed by atoms with Gasteiger partial charge >= 0.3 is 0 Å². The van der Waals surface area contributed by atoms with Gasteiger partial charge in [-0.15, -0.1) is 0 Å². The molecule has 90 valence electrons. The lowest BCUT2D eigenvalue weighted by molar-refractivity contribution is -0.123. The highest BCUT2D eigenvalue weighted by Crippen LogP contribution is 2.14. The largest absolute Gasteiger partial charge is 0.348 e. The summed E-state index contributed by atoms with van der Waals surface area (Å²) in [5.41, 5.74) is 0. The molecule has 0 spiro atoms. The van der Waals surface area contributed by atoms with Crippen LogP contribution in [0.4, 0.5) is 0 Å². The maximum Gasteiger partial charge on any atom is 0.241 e. The molecule has 1 aromatic heterocycles. The van der Waals surface area contributed by atoms with Crippen LogP contribution in [0.5, 0.6) is 0 Å². The molecule has 7 heteroatoms. The van der Waals surface area contributed by atoms with E-state index in [1.807, 2.05) is 0 Å². The van der Waals surface area contributed by atoms with Crippen molar-refractivity contribution in [1.29, 1.82) is 0 Å². The number of carbonyl (C=O) groups is 1. The fraction of sp³-hybridized carbons (Fsp3) is 0.556. The van der Waals surface area contributed by atoms with Gasteiger partial charge < -0.3 is 10.3 Å². The molecule has 1 heterocycles. The molecule has 0 saturated heterocycles. The average molecular weight is 245 g/mol. The zero-order valence-corrected chi connectivity index (χ0v) is 10.3. The first-order chi connectivity index (χ1) is 7.25. The Bertz CT molecular complexity index is 462. The predicted molar refractivity (Wildman–Crippen MR) is 59.4 cm³/mol. The minimum Gasteiger partial charge on any atom is -0.348 e. The van der Waals surface area contributed by atoms with Gasteiger partial charge in [0.05, 0.1) is 6.54 Å². The van der Waals surface area contributed by atoms with Crippen molar-refractivity contribution >= 4 is 15.7 Å². The molecule has 0 aliphatic rings. The van der Waals surface area contributed by atoms with E-state index < -0.39 is 20.5 Å². The molecular formula is C9H15N3O3S. The second-order valence-corrected chi connectivity index (χ2v) is 6.57. The van der Waals surface area contributed by atoms with Gasteiger partial charge in [-0.05, 0) is 13.8 Å². The number of aromatic amines is 1. The topological polar surface area (TPSA) is 91.9 Å². The van der Waals surface area contributed by atoms with Crippen molar-refractivity contribution in [2.45, 2.75) is 25.1 Å². The summed E-state index contributed by atoms with van der Waals surface area (Å²) in [6.45, 7) is 2.93. The number of nitrogens with one attached hydrogen (secondary N) is 2. The smallest absolute Gasteiger partial charge is 0.241 e. The van der Waals surface area contributed by atoms with Gasteiger partial charge in [0.1, 0.15) is 10.6 Å². The lowest BCUT2D eigenvalue weighted by Gasteiger charge is -2.20. The molecule has 0 saturated carbocycles. The lowest BCUT2D eigenvalue weighted by Crippen LogP contribution is -2.47. The van der Waals surface area contributed by atoms with Gasteiger partial charge in [0.15, 0.2) is 9.84 Å². The minimum atomic E-state index is -3.44. The summed E-state index contributed by atoms with van der Waals surface area (Å²) in [5.74, 6) is 0.0454. The number of carbonyl (C=O) groups excluding carboxylic acids is 1. The molecule has 2 N–H and O–H groups in total. The summed E-state index contributed by atoms with van der Waals surface area (Å²) in [6, 6.07) is 0. The Balaban J connectivity index is 2.66. The van der Waals surface area contributed by atoms with E-state index in [4.69, 9.17) is 0 Å². The third kappa shape index (κ3) is 2.60. The van der Waals surface area contributed by atoms with Crippen LogP contribution in [0, 0.1) is 0 Å². The van der Waals surface area contributed by atoms with E-state index >= 15 is 0 Å². The SMILES string of the molecule is CC(C)(C(=O)NCc1ncc[nH]1)S(C)(=O)=O. The molecule has 0 bridgehead atoms. The summed E-state index contributed by atoms with van der Waals surface area (Å²) >= 11 is 0. The fourth-order valence-corrected chi connectivity index (χ4v) is 1.35. The number of aromatic nitrogens is 2. The second-order valence-electron chi connectivity index (χ2n) is 4.00. The Morgan fingerprint density at radius 1 is 1.56 bits per heavy atom. The zero-order valence-electron chi connectivity index (χ0n) is 9.44. The van der Waals surface area contributed by atoms with Gasteiger partial charge in [0, 0.05) is 18.6 Å². The quantitative estimate of drug-likeness (QED) is 0.771. The van der Waals surface area contributed by atoms with Crippen molar-refractivity contribution in [3.63, 3.8) is 0 Å². The molecule has 0 atom stereocenters. The monoisotopic (exact) mass is 245 g/mol. The zero-order chi connectivity index (χ0) is 12.4. The van der Waals surface area contributed by atoms with Crippen molar-refractivity contribution < 1.29 is 13.2 Å². The Hall–Kier alpha value is -1.37. The molecule has 0 fully saturated rings. The number of hydrogen-bond donors (Lipinski definition) is 2. The van der Waals surface area contributed by atoms with Gasteiger partial charge in [-0.1, -0.05) is 0 Å². The van der Waals surface area contributed by atoms with E-state index in [1.54, 1.807) is 12.4 Å². The molecule has 0 aliphatic heterocycles. The molecule has 6 nitrogen and oxygen atoms in total. The molecule has 1 aromatic rings. The van der Waals surface area contributed by atoms with E-state index in [9.17, 15) is 13.2 Å². The average Bonchev–Trinajstić information content (AvgIpc) is 2.64. The lowest BCUT2D eigenvalue weighted by atomic mass is 10.2. The van der Waals surface area contributed by atoms with Crippen molar-refractivity contribution in [3.05, 3.63) is 18.2 Å². The number of sulfone groups is 1. The van der Waals surface area contributed by atoms with Crippen LogP contribution in [0.2, 0.25) is 0 Å². The van der Waals surface area contributed by atoms with Gasteiger partial charge in [0.25, 0.3) is 0 Å². The summed E-state index contributed by atoms with van der Waals surface area (Å²) < 4.78 is 21.3. The van der Waals surface area contributed by atoms with Gasteiger partial charge in [0.2, 0.25) is 5.91 Å². The third-order valence-electron chi connectivity index (χ3n) is 2.45. The first kappa shape index (κ1) is 12.7. The summed E-state index contributed by atoms with van der Waals surface area (Å²) in [7, 11) is -3.44. The molecule has 16 heavy (non-hydrogen) atoms. The van der Waals surface area contributed by atoms with Crippen LogP contribution in [0.25, 0.3) is 0 Å². The molecule has 0 aromatic carbocycles. The van der Waals surface area contributed by atoms with Crippen LogP contribution in [-0.4, -0.2) is 35.3 Å². The van der Waals surface area contributed by atoms with Crippen LogP contribution in [0.15, 0.2) is 12.4 Å². The van der Waals surface area contributed by atoms with E-state index in [2.05, 4.69) is 15.3 Å². The molecular weight excluding hydrogens is 230 g/mol. The molecule has 0 unspecified atom stereocenters. The maximum absolute atomic E-state index is 11.7. The third-order valence-corrected chi connectivity index (χ3v) is 4.48. The van der Waals surface area contributed by atoms with Crippen molar-refractivity contribution in [2.75, 3.05) is 6.26 Å². The first-order valence-corrected chi connectivity index (χ1v) is 6.60. The highest BCUT2D eigenvalue weighted by molar-refractivity contribution is 7.92. The van der Waals surface area contributed by atoms with E-state index in [-0.39, 0.29) is 6.54 Å². The number of H-pyrrole nitrogens is 1. The van der Waals surface area contributed by atoms with E-state index in [0.717, 1.165) is 6.26 Å². The second kappa shape index (κ2) is 4.25. The number of amides is 1. The molecule has 1 rings (SSSR count). The van der Waals surface area contributed by atoms with Crippen LogP contribution >= 0.6 is 0 Å². The van der Waals surface area contributed by atoms with Crippen molar-refractivity contribution in [2.24, 2.45) is 0 Å². The van der Waals surface area contributed by atoms with Gasteiger partial charge in [-0.3, -0.25) is 4.79 Å². The van der Waals surface area contributed by atoms with Crippen LogP contribution in [-0.2, 0) is 21.2 Å². The van der Waals surface area contributed by atoms with Crippen molar-refractivity contribution in [3.8, 4) is 0 Å².